The van der Waals surface area contributed by atoms with Crippen LogP contribution in [-0.2, 0) is 23.7 Å². The molecule has 0 bridgehead atoms. The lowest BCUT2D eigenvalue weighted by Gasteiger charge is -2.42. The molecule has 1 saturated carbocycles. The van der Waals surface area contributed by atoms with E-state index in [-0.39, 0.29) is 47.9 Å². The van der Waals surface area contributed by atoms with Crippen LogP contribution in [0, 0.1) is 5.92 Å². The predicted octanol–water partition coefficient (Wildman–Crippen LogP) is 1.25. The van der Waals surface area contributed by atoms with Gasteiger partial charge in [0.25, 0.3) is 0 Å². The number of methoxy groups -OCH3 is 1. The maximum Gasteiger partial charge on any atom is 0.407 e. The van der Waals surface area contributed by atoms with E-state index in [9.17, 15) is 9.59 Å². The van der Waals surface area contributed by atoms with E-state index in [4.69, 9.17) is 24.7 Å². The lowest BCUT2D eigenvalue weighted by atomic mass is 9.68. The number of epoxide rings is 2. The van der Waals surface area contributed by atoms with Gasteiger partial charge in [0, 0.05) is 20.2 Å². The van der Waals surface area contributed by atoms with Crippen molar-refractivity contribution in [2.24, 2.45) is 11.7 Å². The van der Waals surface area contributed by atoms with E-state index >= 15 is 0 Å². The molecule has 2 aliphatic heterocycles. The number of hydrogen-bond acceptors (Lipinski definition) is 7. The van der Waals surface area contributed by atoms with Gasteiger partial charge in [0.2, 0.25) is 5.91 Å². The fourth-order valence-electron chi connectivity index (χ4n) is 4.83. The summed E-state index contributed by atoms with van der Waals surface area (Å²) in [5, 5.41) is 5.41. The molecule has 9 nitrogen and oxygen atoms in total. The Kier molecular flexibility index (Phi) is 7.62. The van der Waals surface area contributed by atoms with Crippen LogP contribution in [0.1, 0.15) is 46.5 Å². The molecule has 0 radical (unpaired) electrons. The molecule has 1 aliphatic carbocycles. The first-order valence-corrected chi connectivity index (χ1v) is 11.1. The Morgan fingerprint density at radius 1 is 1.26 bits per heavy atom. The van der Waals surface area contributed by atoms with Crippen LogP contribution in [-0.4, -0.2) is 74.9 Å². The maximum atomic E-state index is 12.4. The molecule has 4 unspecified atom stereocenters. The van der Waals surface area contributed by atoms with Crippen LogP contribution in [0.15, 0.2) is 11.6 Å². The molecule has 3 aliphatic rings. The molecule has 0 aromatic heterocycles. The van der Waals surface area contributed by atoms with Crippen molar-refractivity contribution in [2.45, 2.75) is 76.0 Å². The topological polar surface area (TPSA) is 128 Å². The Bertz CT molecular complexity index is 691. The lowest BCUT2D eigenvalue weighted by Crippen LogP contribution is -2.56. The predicted molar refractivity (Wildman–Crippen MR) is 114 cm³/mol. The first-order chi connectivity index (χ1) is 14.8. The molecule has 3 rings (SSSR count). The number of amides is 2. The minimum absolute atomic E-state index is 0.00131. The number of nitrogens with one attached hydrogen (secondary N) is 2. The molecular weight excluding hydrogens is 402 g/mol. The molecule has 0 aromatic carbocycles. The van der Waals surface area contributed by atoms with Crippen LogP contribution >= 0.6 is 0 Å². The summed E-state index contributed by atoms with van der Waals surface area (Å²) in [7, 11) is 1.66. The van der Waals surface area contributed by atoms with E-state index in [0.29, 0.717) is 32.5 Å². The van der Waals surface area contributed by atoms with Crippen LogP contribution in [0.4, 0.5) is 4.79 Å². The molecule has 1 spiro atoms. The zero-order valence-corrected chi connectivity index (χ0v) is 19.1. The third-order valence-electron chi connectivity index (χ3n) is 6.63. The highest BCUT2D eigenvalue weighted by Gasteiger charge is 2.72. The summed E-state index contributed by atoms with van der Waals surface area (Å²) in [6.07, 6.45) is 4.11. The first-order valence-electron chi connectivity index (χ1n) is 11.1. The molecule has 2 heterocycles. The smallest absolute Gasteiger partial charge is 0.407 e. The van der Waals surface area contributed by atoms with Crippen molar-refractivity contribution in [1.82, 2.24) is 10.6 Å². The zero-order valence-electron chi connectivity index (χ0n) is 19.1. The van der Waals surface area contributed by atoms with Crippen molar-refractivity contribution in [3.8, 4) is 0 Å². The number of allylic oxidation sites excluding steroid dienone is 1. The Hall–Kier alpha value is -1.68. The van der Waals surface area contributed by atoms with Gasteiger partial charge in [0.1, 0.15) is 23.4 Å². The molecule has 2 saturated heterocycles. The first kappa shape index (κ1) is 24.0. The molecule has 6 atom stereocenters. The van der Waals surface area contributed by atoms with Crippen LogP contribution < -0.4 is 16.4 Å². The summed E-state index contributed by atoms with van der Waals surface area (Å²) in [4.78, 5) is 23.5. The second-order valence-corrected chi connectivity index (χ2v) is 9.16. The third-order valence-corrected chi connectivity index (χ3v) is 6.63. The largest absolute Gasteiger partial charge is 0.443 e. The van der Waals surface area contributed by atoms with Gasteiger partial charge in [-0.05, 0) is 46.5 Å². The maximum absolute atomic E-state index is 12.4. The van der Waals surface area contributed by atoms with Crippen LogP contribution in [0.3, 0.4) is 0 Å². The van der Waals surface area contributed by atoms with Crippen LogP contribution in [0.25, 0.3) is 0 Å². The van der Waals surface area contributed by atoms with E-state index < -0.39 is 6.09 Å². The summed E-state index contributed by atoms with van der Waals surface area (Å²) in [6, 6.07) is 0. The van der Waals surface area contributed by atoms with E-state index in [1.54, 1.807) is 7.11 Å². The molecule has 9 heteroatoms. The van der Waals surface area contributed by atoms with E-state index in [1.165, 1.54) is 5.57 Å². The van der Waals surface area contributed by atoms with Crippen LogP contribution in [0.2, 0.25) is 0 Å². The number of alkyl carbamates (subject to hydrolysis) is 1. The summed E-state index contributed by atoms with van der Waals surface area (Å²) in [6.45, 7) is 7.78. The Morgan fingerprint density at radius 2 is 1.97 bits per heavy atom. The number of ether oxygens (including phenoxy) is 4. The average molecular weight is 440 g/mol. The van der Waals surface area contributed by atoms with Gasteiger partial charge in [-0.25, -0.2) is 4.79 Å². The highest BCUT2D eigenvalue weighted by atomic mass is 16.6. The molecule has 31 heavy (non-hydrogen) atoms. The number of rotatable bonds is 10. The average Bonchev–Trinajstić information content (AvgIpc) is 3.64. The molecule has 4 N–H and O–H groups in total. The summed E-state index contributed by atoms with van der Waals surface area (Å²) >= 11 is 0. The molecule has 3 fully saturated rings. The van der Waals surface area contributed by atoms with Crippen molar-refractivity contribution >= 4 is 12.0 Å². The lowest BCUT2D eigenvalue weighted by molar-refractivity contribution is -0.119. The quantitative estimate of drug-likeness (QED) is 0.266. The monoisotopic (exact) mass is 439 g/mol. The van der Waals surface area contributed by atoms with Gasteiger partial charge in [-0.2, -0.15) is 0 Å². The normalized spacial score (nSPS) is 35.9. The second-order valence-electron chi connectivity index (χ2n) is 9.16. The van der Waals surface area contributed by atoms with E-state index in [2.05, 4.69) is 37.5 Å². The highest BCUT2D eigenvalue weighted by Crippen LogP contribution is 2.59. The SMILES string of the molecule is COC1C(OC(=O)NCCCNC(=O)CN)CC[C@]2(CO2)C1C1(C)O[C@@H]1CC=C(C)C. The molecule has 2 amide bonds. The van der Waals surface area contributed by atoms with Gasteiger partial charge in [0.15, 0.2) is 0 Å². The van der Waals surface area contributed by atoms with E-state index in [1.807, 2.05) is 0 Å². The summed E-state index contributed by atoms with van der Waals surface area (Å²) < 4.78 is 23.7. The van der Waals surface area contributed by atoms with Gasteiger partial charge in [0.05, 0.1) is 25.2 Å². The minimum atomic E-state index is -0.480. The Labute approximate surface area is 184 Å². The van der Waals surface area contributed by atoms with Gasteiger partial charge in [-0.3, -0.25) is 4.79 Å². The summed E-state index contributed by atoms with van der Waals surface area (Å²) in [5.74, 6) is -0.216. The third kappa shape index (κ3) is 5.58. The Morgan fingerprint density at radius 3 is 2.58 bits per heavy atom. The second kappa shape index (κ2) is 9.85. The van der Waals surface area contributed by atoms with Gasteiger partial charge < -0.3 is 35.3 Å². The molecular formula is C22H37N3O6. The van der Waals surface area contributed by atoms with Gasteiger partial charge >= 0.3 is 6.09 Å². The highest BCUT2D eigenvalue weighted by molar-refractivity contribution is 5.77. The van der Waals surface area contributed by atoms with Crippen molar-refractivity contribution in [2.75, 3.05) is 33.4 Å². The zero-order chi connectivity index (χ0) is 22.6. The van der Waals surface area contributed by atoms with Crippen molar-refractivity contribution < 1.29 is 28.5 Å². The number of nitrogens with two attached hydrogens (primary N) is 1. The van der Waals surface area contributed by atoms with Crippen molar-refractivity contribution in [1.29, 1.82) is 0 Å². The van der Waals surface area contributed by atoms with Crippen LogP contribution in [0.5, 0.6) is 0 Å². The minimum Gasteiger partial charge on any atom is -0.443 e. The van der Waals surface area contributed by atoms with Gasteiger partial charge in [-0.1, -0.05) is 11.6 Å². The molecule has 176 valence electrons. The fourth-order valence-corrected chi connectivity index (χ4v) is 4.83. The Balaban J connectivity index is 1.54. The summed E-state index contributed by atoms with van der Waals surface area (Å²) in [5.41, 5.74) is 5.90. The number of carbonyl (C=O) groups excluding carboxylic acids is 2. The van der Waals surface area contributed by atoms with Crippen molar-refractivity contribution in [3.63, 3.8) is 0 Å². The number of hydrogen-bond donors (Lipinski definition) is 3. The standard InChI is InChI=1S/C22H37N3O6/c1-14(2)6-7-16-21(3,31-16)19-18(28-4)15(8-9-22(19)13-29-22)30-20(27)25-11-5-10-24-17(26)12-23/h6,15-16,18-19H,5,7-13,23H2,1-4H3,(H,24,26)(H,25,27)/t15?,16-,18?,19?,21?,22+/m1/s1. The number of carbonyl (C=O) groups is 2. The van der Waals surface area contributed by atoms with E-state index in [0.717, 1.165) is 12.8 Å². The van der Waals surface area contributed by atoms with Gasteiger partial charge in [-0.15, -0.1) is 0 Å². The fraction of sp³-hybridized carbons (Fsp3) is 0.818. The molecule has 0 aromatic rings. The van der Waals surface area contributed by atoms with Crippen molar-refractivity contribution in [3.05, 3.63) is 11.6 Å².